The van der Waals surface area contributed by atoms with E-state index in [1.165, 1.54) is 4.90 Å². The molecule has 2 aromatic carbocycles. The van der Waals surface area contributed by atoms with Gasteiger partial charge in [0.25, 0.3) is 5.91 Å². The molecule has 1 aliphatic rings. The SMILES string of the molecule is Cc1ccccc1-c1ccc(C(=O)N2CC(=O)CC2c2nc(CCO)no2)cc1. The summed E-state index contributed by atoms with van der Waals surface area (Å²) in [7, 11) is 0. The Morgan fingerprint density at radius 1 is 1.21 bits per heavy atom. The Morgan fingerprint density at radius 2 is 1.97 bits per heavy atom. The first-order chi connectivity index (χ1) is 14.1. The molecule has 1 N–H and O–H groups in total. The molecule has 1 amide bonds. The number of rotatable bonds is 5. The predicted octanol–water partition coefficient (Wildman–Crippen LogP) is 2.74. The van der Waals surface area contributed by atoms with Crippen molar-refractivity contribution >= 4 is 11.7 Å². The maximum atomic E-state index is 13.1. The van der Waals surface area contributed by atoms with Gasteiger partial charge in [0.2, 0.25) is 5.89 Å². The molecule has 0 saturated carbocycles. The Balaban J connectivity index is 1.57. The molecule has 7 heteroatoms. The van der Waals surface area contributed by atoms with Crippen LogP contribution in [0.1, 0.15) is 40.1 Å². The fourth-order valence-corrected chi connectivity index (χ4v) is 3.58. The predicted molar refractivity (Wildman–Crippen MR) is 105 cm³/mol. The van der Waals surface area contributed by atoms with Crippen molar-refractivity contribution in [2.45, 2.75) is 25.8 Å². The van der Waals surface area contributed by atoms with Gasteiger partial charge < -0.3 is 14.5 Å². The van der Waals surface area contributed by atoms with Crippen LogP contribution in [0.3, 0.4) is 0 Å². The Labute approximate surface area is 168 Å². The maximum Gasteiger partial charge on any atom is 0.254 e. The molecule has 0 bridgehead atoms. The van der Waals surface area contributed by atoms with Crippen molar-refractivity contribution in [1.29, 1.82) is 0 Å². The summed E-state index contributed by atoms with van der Waals surface area (Å²) in [6.07, 6.45) is 0.409. The van der Waals surface area contributed by atoms with Gasteiger partial charge in [0, 0.05) is 18.4 Å². The molecule has 1 saturated heterocycles. The highest BCUT2D eigenvalue weighted by Gasteiger charge is 2.39. The van der Waals surface area contributed by atoms with E-state index in [0.717, 1.165) is 16.7 Å². The van der Waals surface area contributed by atoms with Gasteiger partial charge in [0.1, 0.15) is 6.04 Å². The van der Waals surface area contributed by atoms with E-state index in [0.29, 0.717) is 11.4 Å². The number of ketones is 1. The molecule has 3 aromatic rings. The minimum atomic E-state index is -0.578. The standard InChI is InChI=1S/C22H21N3O4/c1-14-4-2-3-5-18(14)15-6-8-16(9-7-15)22(28)25-13-17(27)12-19(25)21-23-20(10-11-26)24-29-21/h2-9,19,26H,10-13H2,1H3. The second-order valence-corrected chi connectivity index (χ2v) is 7.11. The molecular weight excluding hydrogens is 370 g/mol. The average molecular weight is 391 g/mol. The van der Waals surface area contributed by atoms with Crippen LogP contribution in [0.15, 0.2) is 53.1 Å². The van der Waals surface area contributed by atoms with Gasteiger partial charge >= 0.3 is 0 Å². The fraction of sp³-hybridized carbons (Fsp3) is 0.273. The molecule has 4 rings (SSSR count). The van der Waals surface area contributed by atoms with E-state index in [4.69, 9.17) is 9.63 Å². The van der Waals surface area contributed by atoms with E-state index in [9.17, 15) is 9.59 Å². The first kappa shape index (κ1) is 19.0. The van der Waals surface area contributed by atoms with E-state index < -0.39 is 6.04 Å². The van der Waals surface area contributed by atoms with E-state index >= 15 is 0 Å². The third kappa shape index (κ3) is 3.82. The zero-order valence-corrected chi connectivity index (χ0v) is 16.0. The molecule has 0 radical (unpaired) electrons. The molecule has 1 aromatic heterocycles. The number of carbonyl (C=O) groups is 2. The van der Waals surface area contributed by atoms with Gasteiger partial charge in [-0.25, -0.2) is 0 Å². The van der Waals surface area contributed by atoms with Crippen LogP contribution in [-0.4, -0.2) is 45.0 Å². The average Bonchev–Trinajstić information content (AvgIpc) is 3.35. The highest BCUT2D eigenvalue weighted by molar-refractivity contribution is 5.99. The quantitative estimate of drug-likeness (QED) is 0.718. The molecule has 1 fully saturated rings. The molecule has 29 heavy (non-hydrogen) atoms. The van der Waals surface area contributed by atoms with Gasteiger partial charge in [-0.3, -0.25) is 9.59 Å². The number of aromatic nitrogens is 2. The lowest BCUT2D eigenvalue weighted by molar-refractivity contribution is -0.116. The topological polar surface area (TPSA) is 96.5 Å². The summed E-state index contributed by atoms with van der Waals surface area (Å²) >= 11 is 0. The number of hydrogen-bond acceptors (Lipinski definition) is 6. The van der Waals surface area contributed by atoms with Crippen molar-refractivity contribution in [3.05, 3.63) is 71.4 Å². The summed E-state index contributed by atoms with van der Waals surface area (Å²) in [4.78, 5) is 30.8. The third-order valence-corrected chi connectivity index (χ3v) is 5.10. The first-order valence-corrected chi connectivity index (χ1v) is 9.49. The number of aryl methyl sites for hydroxylation is 1. The largest absolute Gasteiger partial charge is 0.396 e. The zero-order chi connectivity index (χ0) is 20.4. The van der Waals surface area contributed by atoms with Crippen LogP contribution in [0, 0.1) is 6.92 Å². The molecule has 148 valence electrons. The minimum Gasteiger partial charge on any atom is -0.396 e. The molecular formula is C22H21N3O4. The lowest BCUT2D eigenvalue weighted by Crippen LogP contribution is -2.31. The molecule has 1 atom stereocenters. The number of hydrogen-bond donors (Lipinski definition) is 1. The summed E-state index contributed by atoms with van der Waals surface area (Å²) < 4.78 is 5.24. The molecule has 0 spiro atoms. The number of likely N-dealkylation sites (tertiary alicyclic amines) is 1. The van der Waals surface area contributed by atoms with Gasteiger partial charge in [0.05, 0.1) is 13.2 Å². The highest BCUT2D eigenvalue weighted by atomic mass is 16.5. The second-order valence-electron chi connectivity index (χ2n) is 7.11. The molecule has 7 nitrogen and oxygen atoms in total. The molecule has 1 unspecified atom stereocenters. The van der Waals surface area contributed by atoms with Gasteiger partial charge in [0.15, 0.2) is 11.6 Å². The number of aliphatic hydroxyl groups is 1. The highest BCUT2D eigenvalue weighted by Crippen LogP contribution is 2.31. The van der Waals surface area contributed by atoms with E-state index in [2.05, 4.69) is 10.1 Å². The summed E-state index contributed by atoms with van der Waals surface area (Å²) in [5.41, 5.74) is 3.80. The van der Waals surface area contributed by atoms with Crippen molar-refractivity contribution in [2.75, 3.05) is 13.2 Å². The van der Waals surface area contributed by atoms with Crippen LogP contribution in [-0.2, 0) is 11.2 Å². The fourth-order valence-electron chi connectivity index (χ4n) is 3.58. The normalized spacial score (nSPS) is 16.4. The third-order valence-electron chi connectivity index (χ3n) is 5.10. The van der Waals surface area contributed by atoms with Crippen LogP contribution in [0.5, 0.6) is 0 Å². The van der Waals surface area contributed by atoms with Gasteiger partial charge in [-0.1, -0.05) is 41.6 Å². The number of carbonyl (C=O) groups excluding carboxylic acids is 2. The van der Waals surface area contributed by atoms with Crippen molar-refractivity contribution < 1.29 is 19.2 Å². The van der Waals surface area contributed by atoms with Crippen molar-refractivity contribution in [3.8, 4) is 11.1 Å². The lowest BCUT2D eigenvalue weighted by atomic mass is 9.99. The van der Waals surface area contributed by atoms with Crippen LogP contribution in [0.25, 0.3) is 11.1 Å². The number of amides is 1. The number of nitrogens with zero attached hydrogens (tertiary/aromatic N) is 3. The molecule has 1 aliphatic heterocycles. The lowest BCUT2D eigenvalue weighted by Gasteiger charge is -2.21. The van der Waals surface area contributed by atoms with Crippen LogP contribution in [0.4, 0.5) is 0 Å². The Bertz CT molecular complexity index is 1040. The van der Waals surface area contributed by atoms with Gasteiger partial charge in [-0.15, -0.1) is 0 Å². The van der Waals surface area contributed by atoms with Crippen LogP contribution >= 0.6 is 0 Å². The van der Waals surface area contributed by atoms with E-state index in [1.807, 2.05) is 43.3 Å². The summed E-state index contributed by atoms with van der Waals surface area (Å²) in [6.45, 7) is 1.96. The van der Waals surface area contributed by atoms with Gasteiger partial charge in [-0.2, -0.15) is 4.98 Å². The first-order valence-electron chi connectivity index (χ1n) is 9.49. The Morgan fingerprint density at radius 3 is 2.69 bits per heavy atom. The smallest absolute Gasteiger partial charge is 0.254 e. The number of benzene rings is 2. The Kier molecular flexibility index (Phi) is 5.22. The summed E-state index contributed by atoms with van der Waals surface area (Å²) in [6, 6.07) is 14.9. The van der Waals surface area contributed by atoms with E-state index in [1.54, 1.807) is 12.1 Å². The van der Waals surface area contributed by atoms with Gasteiger partial charge in [-0.05, 0) is 35.7 Å². The number of aliphatic hydroxyl groups excluding tert-OH is 1. The number of Topliss-reactive ketones (excluding diaryl/α,β-unsaturated/α-hetero) is 1. The van der Waals surface area contributed by atoms with Crippen molar-refractivity contribution in [2.24, 2.45) is 0 Å². The summed E-state index contributed by atoms with van der Waals surface area (Å²) in [5, 5.41) is 12.8. The van der Waals surface area contributed by atoms with Crippen LogP contribution < -0.4 is 0 Å². The van der Waals surface area contributed by atoms with Crippen molar-refractivity contribution in [1.82, 2.24) is 15.0 Å². The molecule has 2 heterocycles. The van der Waals surface area contributed by atoms with Crippen molar-refractivity contribution in [3.63, 3.8) is 0 Å². The maximum absolute atomic E-state index is 13.1. The minimum absolute atomic E-state index is 0.0146. The second kappa shape index (κ2) is 7.97. The Hall–Kier alpha value is -3.32. The monoisotopic (exact) mass is 391 g/mol. The van der Waals surface area contributed by atoms with E-state index in [-0.39, 0.29) is 43.6 Å². The zero-order valence-electron chi connectivity index (χ0n) is 16.0. The summed E-state index contributed by atoms with van der Waals surface area (Å²) in [5.74, 6) is 0.280. The van der Waals surface area contributed by atoms with Crippen LogP contribution in [0.2, 0.25) is 0 Å². The molecule has 0 aliphatic carbocycles.